The van der Waals surface area contributed by atoms with Crippen molar-refractivity contribution < 1.29 is 19.7 Å². The number of hydrogen-bond acceptors (Lipinski definition) is 8. The van der Waals surface area contributed by atoms with Crippen LogP contribution in [0.2, 0.25) is 0 Å². The molecule has 166 valence electrons. The number of pyridine rings is 1. The number of aliphatic hydroxyl groups excluding tert-OH is 2. The minimum Gasteiger partial charge on any atom is -0.390 e. The van der Waals surface area contributed by atoms with Crippen molar-refractivity contribution in [3.63, 3.8) is 0 Å². The Morgan fingerprint density at radius 1 is 1.22 bits per heavy atom. The van der Waals surface area contributed by atoms with Crippen molar-refractivity contribution in [2.24, 2.45) is 0 Å². The highest BCUT2D eigenvalue weighted by Crippen LogP contribution is 2.35. The second-order valence-corrected chi connectivity index (χ2v) is 7.69. The fourth-order valence-corrected chi connectivity index (χ4v) is 3.82. The smallest absolute Gasteiger partial charge is 0.278 e. The molecule has 1 aliphatic rings. The monoisotopic (exact) mass is 455 g/mol. The van der Waals surface area contributed by atoms with E-state index in [1.807, 2.05) is 30.3 Å². The average molecular weight is 456 g/mol. The first-order valence-electron chi connectivity index (χ1n) is 9.98. The predicted octanol–water partition coefficient (Wildman–Crippen LogP) is 2.16. The van der Waals surface area contributed by atoms with Crippen molar-refractivity contribution in [2.45, 2.75) is 30.8 Å². The van der Waals surface area contributed by atoms with Crippen molar-refractivity contribution in [2.75, 3.05) is 16.9 Å². The molecule has 2 aromatic heterocycles. The second kappa shape index (κ2) is 9.58. The van der Waals surface area contributed by atoms with E-state index in [0.717, 1.165) is 5.56 Å². The lowest BCUT2D eigenvalue weighted by Crippen LogP contribution is -2.46. The molecule has 1 saturated heterocycles. The molecule has 5 N–H and O–H groups in total. The van der Waals surface area contributed by atoms with Crippen LogP contribution in [0.25, 0.3) is 11.3 Å². The third-order valence-corrected chi connectivity index (χ3v) is 5.56. The van der Waals surface area contributed by atoms with Gasteiger partial charge in [0.2, 0.25) is 0 Å². The number of benzene rings is 1. The molecule has 1 aliphatic heterocycles. The Morgan fingerprint density at radius 3 is 2.75 bits per heavy atom. The van der Waals surface area contributed by atoms with Gasteiger partial charge in [-0.05, 0) is 6.07 Å². The number of alkyl halides is 1. The summed E-state index contributed by atoms with van der Waals surface area (Å²) in [6, 6.07) is 11.0. The van der Waals surface area contributed by atoms with Gasteiger partial charge in [0.25, 0.3) is 5.91 Å². The number of halogens is 1. The number of carbonyl (C=O) groups excluding carboxylic acids is 1. The summed E-state index contributed by atoms with van der Waals surface area (Å²) in [4.78, 5) is 25.6. The summed E-state index contributed by atoms with van der Waals surface area (Å²) in [6.07, 6.45) is 1.21. The van der Waals surface area contributed by atoms with Crippen LogP contribution in [0.1, 0.15) is 28.6 Å². The van der Waals surface area contributed by atoms with E-state index < -0.39 is 30.3 Å². The topological polar surface area (TPSA) is 143 Å². The summed E-state index contributed by atoms with van der Waals surface area (Å²) in [6.45, 7) is 0. The Hall–Kier alpha value is -3.11. The van der Waals surface area contributed by atoms with Crippen LogP contribution in [0.4, 0.5) is 11.5 Å². The minimum atomic E-state index is -1.08. The average Bonchev–Trinajstić information content (AvgIpc) is 2.82. The lowest BCUT2D eigenvalue weighted by molar-refractivity contribution is -0.162. The van der Waals surface area contributed by atoms with Crippen LogP contribution in [0, 0.1) is 0 Å². The lowest BCUT2D eigenvalue weighted by atomic mass is 9.94. The van der Waals surface area contributed by atoms with Crippen molar-refractivity contribution in [3.8, 4) is 11.3 Å². The van der Waals surface area contributed by atoms with Gasteiger partial charge in [-0.15, -0.1) is 11.6 Å². The van der Waals surface area contributed by atoms with E-state index in [4.69, 9.17) is 22.1 Å². The van der Waals surface area contributed by atoms with Gasteiger partial charge in [-0.1, -0.05) is 30.3 Å². The number of nitrogen functional groups attached to an aromatic ring is 1. The number of ether oxygens (including phenoxy) is 1. The molecule has 0 spiro atoms. The highest BCUT2D eigenvalue weighted by atomic mass is 35.5. The maximum absolute atomic E-state index is 13.0. The molecule has 0 unspecified atom stereocenters. The van der Waals surface area contributed by atoms with Crippen molar-refractivity contribution >= 4 is 29.0 Å². The molecule has 0 aliphatic carbocycles. The molecule has 1 aromatic carbocycles. The van der Waals surface area contributed by atoms with E-state index in [-0.39, 0.29) is 23.8 Å². The number of nitrogens with two attached hydrogens (primary N) is 1. The molecule has 1 amide bonds. The molecule has 10 heteroatoms. The van der Waals surface area contributed by atoms with Gasteiger partial charge in [-0.2, -0.15) is 0 Å². The first kappa shape index (κ1) is 22.1. The quantitative estimate of drug-likeness (QED) is 0.428. The van der Waals surface area contributed by atoms with Crippen molar-refractivity contribution in [3.05, 3.63) is 66.2 Å². The normalized spacial score (nSPS) is 23.0. The zero-order valence-electron chi connectivity index (χ0n) is 16.9. The highest BCUT2D eigenvalue weighted by Gasteiger charge is 2.37. The standard InChI is InChI=1S/C22H22ClN5O4/c23-9-18-20(30)16(29)8-17(32-18)13-6-7-25-10-15(13)28-22(31)19-21(24)26-11-14(27-19)12-4-2-1-3-5-12/h1-7,10-11,16-18,20,29-30H,8-9H2,(H2,24,26)(H,28,31)/t16-,17-,18-,20+/m1/s1. The summed E-state index contributed by atoms with van der Waals surface area (Å²) in [5.74, 6) is -0.561. The second-order valence-electron chi connectivity index (χ2n) is 7.38. The molecule has 0 saturated carbocycles. The summed E-state index contributed by atoms with van der Waals surface area (Å²) in [5.41, 5.74) is 8.15. The molecular weight excluding hydrogens is 434 g/mol. The van der Waals surface area contributed by atoms with E-state index in [9.17, 15) is 15.0 Å². The Balaban J connectivity index is 1.60. The van der Waals surface area contributed by atoms with Gasteiger partial charge in [0.15, 0.2) is 11.5 Å². The van der Waals surface area contributed by atoms with Crippen LogP contribution in [0.5, 0.6) is 0 Å². The molecule has 4 rings (SSSR count). The molecule has 9 nitrogen and oxygen atoms in total. The fraction of sp³-hybridized carbons (Fsp3) is 0.273. The number of anilines is 2. The largest absolute Gasteiger partial charge is 0.390 e. The third kappa shape index (κ3) is 4.56. The van der Waals surface area contributed by atoms with Gasteiger partial charge in [0.05, 0.1) is 41.9 Å². The first-order valence-corrected chi connectivity index (χ1v) is 10.5. The summed E-state index contributed by atoms with van der Waals surface area (Å²) >= 11 is 5.87. The number of hydrogen-bond donors (Lipinski definition) is 4. The van der Waals surface area contributed by atoms with Crippen LogP contribution >= 0.6 is 11.6 Å². The lowest BCUT2D eigenvalue weighted by Gasteiger charge is -2.37. The SMILES string of the molecule is Nc1ncc(-c2ccccc2)nc1C(=O)Nc1cnccc1[C@H]1C[C@@H](O)[C@H](O)[C@@H](CCl)O1. The number of nitrogens with zero attached hydrogens (tertiary/aromatic N) is 3. The van der Waals surface area contributed by atoms with Crippen molar-refractivity contribution in [1.82, 2.24) is 15.0 Å². The van der Waals surface area contributed by atoms with E-state index in [1.54, 1.807) is 12.3 Å². The molecule has 3 heterocycles. The predicted molar refractivity (Wildman–Crippen MR) is 119 cm³/mol. The number of nitrogens with one attached hydrogen (secondary N) is 1. The Labute approximate surface area is 189 Å². The minimum absolute atomic E-state index is 0.0118. The molecular formula is C22H22ClN5O4. The Bertz CT molecular complexity index is 1100. The molecule has 4 atom stereocenters. The molecule has 32 heavy (non-hydrogen) atoms. The van der Waals surface area contributed by atoms with Crippen LogP contribution in [-0.2, 0) is 4.74 Å². The molecule has 1 fully saturated rings. The van der Waals surface area contributed by atoms with Crippen LogP contribution < -0.4 is 11.1 Å². The summed E-state index contributed by atoms with van der Waals surface area (Å²) in [5, 5.41) is 23.0. The molecule has 0 radical (unpaired) electrons. The number of aliphatic hydroxyl groups is 2. The number of carbonyl (C=O) groups is 1. The number of aromatic nitrogens is 3. The zero-order valence-corrected chi connectivity index (χ0v) is 17.7. The van der Waals surface area contributed by atoms with E-state index >= 15 is 0 Å². The maximum Gasteiger partial charge on any atom is 0.278 e. The summed E-state index contributed by atoms with van der Waals surface area (Å²) < 4.78 is 5.86. The number of rotatable bonds is 5. The van der Waals surface area contributed by atoms with Gasteiger partial charge in [-0.25, -0.2) is 9.97 Å². The van der Waals surface area contributed by atoms with Gasteiger partial charge in [-0.3, -0.25) is 9.78 Å². The van der Waals surface area contributed by atoms with E-state index in [1.165, 1.54) is 12.4 Å². The van der Waals surface area contributed by atoms with Crippen LogP contribution in [0.3, 0.4) is 0 Å². The van der Waals surface area contributed by atoms with Gasteiger partial charge < -0.3 is 26.0 Å². The van der Waals surface area contributed by atoms with Crippen LogP contribution in [-0.4, -0.2) is 55.3 Å². The van der Waals surface area contributed by atoms with Gasteiger partial charge in [0, 0.05) is 23.7 Å². The van der Waals surface area contributed by atoms with E-state index in [0.29, 0.717) is 16.9 Å². The third-order valence-electron chi connectivity index (χ3n) is 5.26. The van der Waals surface area contributed by atoms with Crippen molar-refractivity contribution in [1.29, 1.82) is 0 Å². The first-order chi connectivity index (χ1) is 15.5. The van der Waals surface area contributed by atoms with E-state index in [2.05, 4.69) is 20.3 Å². The molecule has 3 aromatic rings. The number of amides is 1. The molecule has 0 bridgehead atoms. The van der Waals surface area contributed by atoms with Crippen LogP contribution in [0.15, 0.2) is 55.0 Å². The van der Waals surface area contributed by atoms with Gasteiger partial charge in [0.1, 0.15) is 12.2 Å². The fourth-order valence-electron chi connectivity index (χ4n) is 3.57. The van der Waals surface area contributed by atoms with Gasteiger partial charge >= 0.3 is 0 Å². The summed E-state index contributed by atoms with van der Waals surface area (Å²) in [7, 11) is 0. The Morgan fingerprint density at radius 2 is 2.00 bits per heavy atom. The zero-order chi connectivity index (χ0) is 22.7. The maximum atomic E-state index is 13.0. The Kier molecular flexibility index (Phi) is 6.61. The highest BCUT2D eigenvalue weighted by molar-refractivity contribution is 6.18.